The summed E-state index contributed by atoms with van der Waals surface area (Å²) in [5.41, 5.74) is 1.11. The van der Waals surface area contributed by atoms with E-state index in [1.807, 2.05) is 18.3 Å². The third-order valence-corrected chi connectivity index (χ3v) is 3.95. The Morgan fingerprint density at radius 1 is 1.22 bits per heavy atom. The van der Waals surface area contributed by atoms with Crippen LogP contribution in [0.3, 0.4) is 0 Å². The van der Waals surface area contributed by atoms with Gasteiger partial charge in [-0.3, -0.25) is 0 Å². The predicted molar refractivity (Wildman–Crippen MR) is 76.2 cm³/mol. The summed E-state index contributed by atoms with van der Waals surface area (Å²) in [6, 6.07) is 7.08. The van der Waals surface area contributed by atoms with Crippen molar-refractivity contribution in [1.29, 1.82) is 0 Å². The lowest BCUT2D eigenvalue weighted by Crippen LogP contribution is -2.09. The minimum absolute atomic E-state index is 0.113. The molecule has 0 amide bonds. The summed E-state index contributed by atoms with van der Waals surface area (Å²) in [5, 5.41) is 13.7. The zero-order chi connectivity index (χ0) is 13.2. The molecular weight excluding hydrogens is 244 g/mol. The minimum atomic E-state index is 0.113. The fourth-order valence-electron chi connectivity index (χ4n) is 1.50. The van der Waals surface area contributed by atoms with Crippen molar-refractivity contribution < 1.29 is 5.11 Å². The lowest BCUT2D eigenvalue weighted by atomic mass is 9.98. The van der Waals surface area contributed by atoms with Gasteiger partial charge in [-0.2, -0.15) is 0 Å². The van der Waals surface area contributed by atoms with Crippen molar-refractivity contribution in [3.63, 3.8) is 0 Å². The van der Waals surface area contributed by atoms with Crippen molar-refractivity contribution in [3.8, 4) is 5.75 Å². The summed E-state index contributed by atoms with van der Waals surface area (Å²) in [7, 11) is 0. The smallest absolute Gasteiger partial charge is 0.115 e. The summed E-state index contributed by atoms with van der Waals surface area (Å²) in [6.07, 6.45) is 1.93. The molecule has 0 saturated carbocycles. The number of hydrogen-bond acceptors (Lipinski definition) is 4. The van der Waals surface area contributed by atoms with Crippen LogP contribution in [-0.4, -0.2) is 10.1 Å². The third-order valence-electron chi connectivity index (χ3n) is 2.53. The largest absolute Gasteiger partial charge is 0.508 e. The van der Waals surface area contributed by atoms with E-state index >= 15 is 0 Å². The Balaban J connectivity index is 1.98. The Morgan fingerprint density at radius 2 is 1.89 bits per heavy atom. The molecule has 2 rings (SSSR count). The highest BCUT2D eigenvalue weighted by atomic mass is 32.1. The first kappa shape index (κ1) is 12.9. The summed E-state index contributed by atoms with van der Waals surface area (Å²) in [5.74, 6) is 0.286. The number of nitrogens with zero attached hydrogens (tertiary/aromatic N) is 1. The molecule has 1 aromatic heterocycles. The molecule has 0 bridgehead atoms. The molecule has 2 aromatic rings. The zero-order valence-electron chi connectivity index (χ0n) is 10.9. The van der Waals surface area contributed by atoms with Crippen molar-refractivity contribution in [1.82, 2.24) is 4.98 Å². The average Bonchev–Trinajstić information content (AvgIpc) is 2.77. The number of hydrogen-bond donors (Lipinski definition) is 2. The van der Waals surface area contributed by atoms with Crippen LogP contribution in [0.5, 0.6) is 5.75 Å². The first-order chi connectivity index (χ1) is 8.45. The number of thiazole rings is 1. The van der Waals surface area contributed by atoms with Gasteiger partial charge in [-0.15, -0.1) is 11.3 Å². The first-order valence-corrected chi connectivity index (χ1v) is 6.75. The SMILES string of the molecule is CC(C)(C)c1ncc(CNc2ccc(O)cc2)s1. The summed E-state index contributed by atoms with van der Waals surface area (Å²) >= 11 is 1.74. The van der Waals surface area contributed by atoms with Gasteiger partial charge in [0.05, 0.1) is 11.6 Å². The topological polar surface area (TPSA) is 45.2 Å². The Labute approximate surface area is 112 Å². The van der Waals surface area contributed by atoms with Gasteiger partial charge in [-0.1, -0.05) is 20.8 Å². The first-order valence-electron chi connectivity index (χ1n) is 5.93. The number of phenols is 1. The normalized spacial score (nSPS) is 11.5. The van der Waals surface area contributed by atoms with E-state index < -0.39 is 0 Å². The second kappa shape index (κ2) is 4.98. The highest BCUT2D eigenvalue weighted by Gasteiger charge is 2.17. The highest BCUT2D eigenvalue weighted by Crippen LogP contribution is 2.27. The van der Waals surface area contributed by atoms with Gasteiger partial charge in [-0.05, 0) is 24.3 Å². The maximum Gasteiger partial charge on any atom is 0.115 e. The van der Waals surface area contributed by atoms with E-state index in [-0.39, 0.29) is 11.2 Å². The zero-order valence-corrected chi connectivity index (χ0v) is 11.7. The highest BCUT2D eigenvalue weighted by molar-refractivity contribution is 7.11. The number of anilines is 1. The number of benzene rings is 1. The Bertz CT molecular complexity index is 511. The van der Waals surface area contributed by atoms with Gasteiger partial charge in [0.15, 0.2) is 0 Å². The molecule has 2 N–H and O–H groups in total. The van der Waals surface area contributed by atoms with E-state index in [1.54, 1.807) is 23.5 Å². The molecule has 0 aliphatic heterocycles. The van der Waals surface area contributed by atoms with E-state index in [2.05, 4.69) is 31.1 Å². The molecule has 3 nitrogen and oxygen atoms in total. The standard InChI is InChI=1S/C14H18N2OS/c1-14(2,3)13-16-9-12(18-13)8-15-10-4-6-11(17)7-5-10/h4-7,9,15,17H,8H2,1-3H3. The minimum Gasteiger partial charge on any atom is -0.508 e. The Morgan fingerprint density at radius 3 is 2.44 bits per heavy atom. The molecule has 18 heavy (non-hydrogen) atoms. The van der Waals surface area contributed by atoms with Crippen molar-refractivity contribution in [2.45, 2.75) is 32.7 Å². The maximum absolute atomic E-state index is 9.20. The molecule has 1 aromatic carbocycles. The second-order valence-electron chi connectivity index (χ2n) is 5.28. The van der Waals surface area contributed by atoms with Crippen LogP contribution in [0.4, 0.5) is 5.69 Å². The van der Waals surface area contributed by atoms with Crippen LogP contribution in [0, 0.1) is 0 Å². The predicted octanol–water partition coefficient (Wildman–Crippen LogP) is 3.76. The fourth-order valence-corrected chi connectivity index (χ4v) is 2.41. The molecule has 0 radical (unpaired) electrons. The summed E-state index contributed by atoms with van der Waals surface area (Å²) < 4.78 is 0. The van der Waals surface area contributed by atoms with Gasteiger partial charge in [0.25, 0.3) is 0 Å². The molecule has 1 heterocycles. The van der Waals surface area contributed by atoms with Gasteiger partial charge in [0.2, 0.25) is 0 Å². The number of nitrogens with one attached hydrogen (secondary N) is 1. The van der Waals surface area contributed by atoms with Crippen LogP contribution in [0.15, 0.2) is 30.5 Å². The van der Waals surface area contributed by atoms with E-state index in [0.29, 0.717) is 0 Å². The molecule has 0 fully saturated rings. The molecule has 0 aliphatic rings. The second-order valence-corrected chi connectivity index (χ2v) is 6.40. The molecule has 0 spiro atoms. The lowest BCUT2D eigenvalue weighted by molar-refractivity contribution is 0.475. The molecule has 0 saturated heterocycles. The molecule has 0 unspecified atom stereocenters. The van der Waals surface area contributed by atoms with Gasteiger partial charge < -0.3 is 10.4 Å². The average molecular weight is 262 g/mol. The van der Waals surface area contributed by atoms with E-state index in [1.165, 1.54) is 4.88 Å². The monoisotopic (exact) mass is 262 g/mol. The molecule has 4 heteroatoms. The van der Waals surface area contributed by atoms with E-state index in [4.69, 9.17) is 0 Å². The summed E-state index contributed by atoms with van der Waals surface area (Å²) in [6.45, 7) is 7.27. The fraction of sp³-hybridized carbons (Fsp3) is 0.357. The number of phenolic OH excluding ortho intramolecular Hbond substituents is 1. The van der Waals surface area contributed by atoms with Gasteiger partial charge in [0, 0.05) is 22.2 Å². The summed E-state index contributed by atoms with van der Waals surface area (Å²) in [4.78, 5) is 5.67. The van der Waals surface area contributed by atoms with Crippen molar-refractivity contribution >= 4 is 17.0 Å². The number of aromatic nitrogens is 1. The van der Waals surface area contributed by atoms with Crippen molar-refractivity contribution in [2.75, 3.05) is 5.32 Å². The van der Waals surface area contributed by atoms with Gasteiger partial charge >= 0.3 is 0 Å². The Hall–Kier alpha value is -1.55. The van der Waals surface area contributed by atoms with Crippen LogP contribution in [0.25, 0.3) is 0 Å². The van der Waals surface area contributed by atoms with Crippen molar-refractivity contribution in [2.24, 2.45) is 0 Å². The van der Waals surface area contributed by atoms with Crippen LogP contribution in [0.1, 0.15) is 30.7 Å². The number of aromatic hydroxyl groups is 1. The molecule has 96 valence electrons. The van der Waals surface area contributed by atoms with Gasteiger partial charge in [-0.25, -0.2) is 4.98 Å². The van der Waals surface area contributed by atoms with Gasteiger partial charge in [0.1, 0.15) is 5.75 Å². The number of rotatable bonds is 3. The van der Waals surface area contributed by atoms with Crippen LogP contribution >= 0.6 is 11.3 Å². The molecule has 0 atom stereocenters. The van der Waals surface area contributed by atoms with E-state index in [9.17, 15) is 5.11 Å². The maximum atomic E-state index is 9.20. The lowest BCUT2D eigenvalue weighted by Gasteiger charge is -2.13. The van der Waals surface area contributed by atoms with Crippen LogP contribution in [-0.2, 0) is 12.0 Å². The molecule has 0 aliphatic carbocycles. The molecular formula is C14H18N2OS. The quantitative estimate of drug-likeness (QED) is 0.828. The van der Waals surface area contributed by atoms with Crippen molar-refractivity contribution in [3.05, 3.63) is 40.3 Å². The van der Waals surface area contributed by atoms with E-state index in [0.717, 1.165) is 17.2 Å². The van der Waals surface area contributed by atoms with Crippen LogP contribution < -0.4 is 5.32 Å². The Kier molecular flexibility index (Phi) is 3.57. The third kappa shape index (κ3) is 3.23. The van der Waals surface area contributed by atoms with Crippen LogP contribution in [0.2, 0.25) is 0 Å².